The predicted molar refractivity (Wildman–Crippen MR) is 107 cm³/mol. The Labute approximate surface area is 159 Å². The van der Waals surface area contributed by atoms with E-state index in [9.17, 15) is 13.6 Å². The van der Waals surface area contributed by atoms with E-state index < -0.39 is 32.2 Å². The highest BCUT2D eigenvalue weighted by Crippen LogP contribution is 2.40. The van der Waals surface area contributed by atoms with E-state index in [1.807, 2.05) is 0 Å². The van der Waals surface area contributed by atoms with E-state index in [0.29, 0.717) is 23.0 Å². The molecule has 0 radical (unpaired) electrons. The lowest BCUT2D eigenvalue weighted by atomic mass is 10.1. The van der Waals surface area contributed by atoms with Crippen molar-refractivity contribution in [2.75, 3.05) is 0 Å². The molecule has 0 bridgehead atoms. The Balaban J connectivity index is 5.03. The Morgan fingerprint density at radius 2 is 1.50 bits per heavy atom. The summed E-state index contributed by atoms with van der Waals surface area (Å²) in [6.45, 7) is 18.4. The molecule has 0 spiro atoms. The molecule has 6 heteroatoms. The Kier molecular flexibility index (Phi) is 9.86. The second-order valence-corrected chi connectivity index (χ2v) is 14.4. The molecular formula is C20H37F2NO2Si. The number of nitrogens with one attached hydrogen (secondary N) is 1. The summed E-state index contributed by atoms with van der Waals surface area (Å²) < 4.78 is 31.5. The van der Waals surface area contributed by atoms with Crippen molar-refractivity contribution in [1.82, 2.24) is 5.32 Å². The van der Waals surface area contributed by atoms with Gasteiger partial charge in [-0.3, -0.25) is 0 Å². The average molecular weight is 390 g/mol. The maximum atomic E-state index is 13.2. The highest BCUT2D eigenvalue weighted by atomic mass is 28.3. The van der Waals surface area contributed by atoms with Crippen molar-refractivity contribution >= 4 is 14.2 Å². The average Bonchev–Trinajstić information content (AvgIpc) is 2.42. The van der Waals surface area contributed by atoms with Gasteiger partial charge in [-0.2, -0.15) is 0 Å². The Morgan fingerprint density at radius 1 is 1.04 bits per heavy atom. The third kappa shape index (κ3) is 7.65. The second-order valence-electron chi connectivity index (χ2n) is 8.82. The van der Waals surface area contributed by atoms with Gasteiger partial charge in [0, 0.05) is 6.42 Å². The van der Waals surface area contributed by atoms with Crippen molar-refractivity contribution in [3.05, 3.63) is 0 Å². The van der Waals surface area contributed by atoms with E-state index >= 15 is 0 Å². The van der Waals surface area contributed by atoms with Crippen LogP contribution in [0.15, 0.2) is 0 Å². The highest BCUT2D eigenvalue weighted by Gasteiger charge is 2.41. The molecule has 0 aliphatic heterocycles. The number of hydrogen-bond donors (Lipinski definition) is 1. The van der Waals surface area contributed by atoms with Crippen LogP contribution in [-0.4, -0.2) is 32.2 Å². The van der Waals surface area contributed by atoms with E-state index in [-0.39, 0.29) is 6.42 Å². The molecule has 1 amide bonds. The SMILES string of the molecule is CC(C)[Si](C#CCCC(NC(=O)OC(C)(C)C)C(F)F)(C(C)C)C(C)C. The first-order valence-electron chi connectivity index (χ1n) is 9.51. The number of halogens is 2. The Bertz CT molecular complexity index is 480. The summed E-state index contributed by atoms with van der Waals surface area (Å²) in [4.78, 5) is 11.7. The summed E-state index contributed by atoms with van der Waals surface area (Å²) in [5.41, 5.74) is 4.30. The third-order valence-electron chi connectivity index (χ3n) is 4.76. The zero-order chi connectivity index (χ0) is 20.7. The molecule has 0 aromatic rings. The standard InChI is InChI=1S/C20H37F2NO2Si/c1-14(2)26(15(3)4,16(5)6)13-11-10-12-17(18(21)22)23-19(24)25-20(7,8)9/h14-18H,10,12H2,1-9H3,(H,23,24). The molecule has 1 atom stereocenters. The lowest BCUT2D eigenvalue weighted by Crippen LogP contribution is -2.43. The molecule has 152 valence electrons. The minimum atomic E-state index is -2.65. The van der Waals surface area contributed by atoms with E-state index in [2.05, 4.69) is 58.3 Å². The van der Waals surface area contributed by atoms with Gasteiger partial charge < -0.3 is 10.1 Å². The van der Waals surface area contributed by atoms with Gasteiger partial charge >= 0.3 is 6.09 Å². The Hall–Kier alpha value is -1.09. The molecule has 0 saturated heterocycles. The van der Waals surface area contributed by atoms with Crippen LogP contribution < -0.4 is 5.32 Å². The van der Waals surface area contributed by atoms with Crippen LogP contribution in [0.1, 0.15) is 75.2 Å². The first-order valence-corrected chi connectivity index (χ1v) is 11.7. The highest BCUT2D eigenvalue weighted by molar-refractivity contribution is 6.90. The molecule has 0 aliphatic rings. The van der Waals surface area contributed by atoms with Gasteiger partial charge in [-0.05, 0) is 43.8 Å². The van der Waals surface area contributed by atoms with E-state index in [0.717, 1.165) is 0 Å². The van der Waals surface area contributed by atoms with Crippen molar-refractivity contribution in [2.24, 2.45) is 0 Å². The quantitative estimate of drug-likeness (QED) is 0.419. The van der Waals surface area contributed by atoms with Crippen LogP contribution >= 0.6 is 0 Å². The lowest BCUT2D eigenvalue weighted by Gasteiger charge is -2.38. The van der Waals surface area contributed by atoms with Crippen LogP contribution in [0.3, 0.4) is 0 Å². The minimum Gasteiger partial charge on any atom is -0.444 e. The van der Waals surface area contributed by atoms with Gasteiger partial charge in [-0.15, -0.1) is 11.5 Å². The van der Waals surface area contributed by atoms with E-state index in [4.69, 9.17) is 4.74 Å². The molecular weight excluding hydrogens is 352 g/mol. The number of amides is 1. The van der Waals surface area contributed by atoms with Crippen molar-refractivity contribution in [2.45, 2.75) is 110 Å². The zero-order valence-electron chi connectivity index (χ0n) is 17.9. The van der Waals surface area contributed by atoms with Gasteiger partial charge in [0.15, 0.2) is 0 Å². The molecule has 0 aliphatic carbocycles. The summed E-state index contributed by atoms with van der Waals surface area (Å²) in [6.07, 6.45) is -3.01. The van der Waals surface area contributed by atoms with Gasteiger partial charge in [-0.1, -0.05) is 41.5 Å². The number of hydrogen-bond acceptors (Lipinski definition) is 2. The fraction of sp³-hybridized carbons (Fsp3) is 0.850. The number of rotatable bonds is 7. The first kappa shape index (κ1) is 24.9. The van der Waals surface area contributed by atoms with Crippen molar-refractivity contribution in [3.63, 3.8) is 0 Å². The van der Waals surface area contributed by atoms with Gasteiger partial charge in [0.1, 0.15) is 13.7 Å². The summed E-state index contributed by atoms with van der Waals surface area (Å²) in [7, 11) is -1.85. The monoisotopic (exact) mass is 389 g/mol. The van der Waals surface area contributed by atoms with Crippen LogP contribution in [0.2, 0.25) is 16.6 Å². The predicted octanol–water partition coefficient (Wildman–Crippen LogP) is 6.15. The summed E-state index contributed by atoms with van der Waals surface area (Å²) in [6, 6.07) is -1.24. The molecule has 26 heavy (non-hydrogen) atoms. The van der Waals surface area contributed by atoms with Crippen molar-refractivity contribution in [3.8, 4) is 11.5 Å². The summed E-state index contributed by atoms with van der Waals surface area (Å²) >= 11 is 0. The molecule has 0 rings (SSSR count). The third-order valence-corrected chi connectivity index (χ3v) is 11.1. The van der Waals surface area contributed by atoms with Gasteiger partial charge in [-0.25, -0.2) is 13.6 Å². The van der Waals surface area contributed by atoms with Crippen LogP contribution in [-0.2, 0) is 4.74 Å². The van der Waals surface area contributed by atoms with Gasteiger partial charge in [0.05, 0.1) is 6.04 Å². The molecule has 0 heterocycles. The first-order chi connectivity index (χ1) is 11.7. The van der Waals surface area contributed by atoms with Crippen LogP contribution in [0.5, 0.6) is 0 Å². The maximum Gasteiger partial charge on any atom is 0.408 e. The molecule has 1 N–H and O–H groups in total. The van der Waals surface area contributed by atoms with Crippen molar-refractivity contribution < 1.29 is 18.3 Å². The van der Waals surface area contributed by atoms with Crippen LogP contribution in [0.25, 0.3) is 0 Å². The largest absolute Gasteiger partial charge is 0.444 e. The molecule has 0 aromatic carbocycles. The second kappa shape index (κ2) is 10.3. The number of carbonyl (C=O) groups excluding carboxylic acids is 1. The normalized spacial score (nSPS) is 13.8. The smallest absolute Gasteiger partial charge is 0.408 e. The molecule has 1 unspecified atom stereocenters. The van der Waals surface area contributed by atoms with E-state index in [1.54, 1.807) is 20.8 Å². The molecule has 0 aromatic heterocycles. The lowest BCUT2D eigenvalue weighted by molar-refractivity contribution is 0.0366. The maximum absolute atomic E-state index is 13.2. The van der Waals surface area contributed by atoms with Crippen molar-refractivity contribution in [1.29, 1.82) is 0 Å². The zero-order valence-corrected chi connectivity index (χ0v) is 18.9. The molecule has 0 fully saturated rings. The van der Waals surface area contributed by atoms with Crippen LogP contribution in [0, 0.1) is 11.5 Å². The summed E-state index contributed by atoms with van der Waals surface area (Å²) in [5, 5.41) is 2.27. The van der Waals surface area contributed by atoms with E-state index in [1.165, 1.54) is 0 Å². The topological polar surface area (TPSA) is 38.3 Å². The minimum absolute atomic E-state index is 0.114. The molecule has 0 saturated carbocycles. The number of alkyl carbamates (subject to hydrolysis) is 1. The van der Waals surface area contributed by atoms with Crippen LogP contribution in [0.4, 0.5) is 13.6 Å². The number of alkyl halides is 2. The summed E-state index contributed by atoms with van der Waals surface area (Å²) in [5.74, 6) is 3.16. The number of ether oxygens (including phenoxy) is 1. The number of carbonyl (C=O) groups is 1. The Morgan fingerprint density at radius 3 is 1.85 bits per heavy atom. The fourth-order valence-corrected chi connectivity index (χ4v) is 8.89. The van der Waals surface area contributed by atoms with Gasteiger partial charge in [0.2, 0.25) is 0 Å². The van der Waals surface area contributed by atoms with Gasteiger partial charge in [0.25, 0.3) is 6.43 Å². The fourth-order valence-electron chi connectivity index (χ4n) is 3.60. The molecule has 3 nitrogen and oxygen atoms in total.